The topological polar surface area (TPSA) is 76.4 Å². The van der Waals surface area contributed by atoms with Crippen molar-refractivity contribution >= 4 is 23.4 Å². The molecule has 1 saturated heterocycles. The fourth-order valence-electron chi connectivity index (χ4n) is 4.17. The van der Waals surface area contributed by atoms with Crippen molar-refractivity contribution < 1.29 is 9.53 Å². The van der Waals surface area contributed by atoms with Gasteiger partial charge in [0.1, 0.15) is 5.75 Å². The van der Waals surface area contributed by atoms with Crippen molar-refractivity contribution in [3.63, 3.8) is 0 Å². The first-order chi connectivity index (χ1) is 17.2. The van der Waals surface area contributed by atoms with Gasteiger partial charge < -0.3 is 14.5 Å². The Labute approximate surface area is 208 Å². The predicted octanol–water partition coefficient (Wildman–Crippen LogP) is 3.78. The van der Waals surface area contributed by atoms with Crippen LogP contribution < -0.4 is 9.64 Å². The monoisotopic (exact) mass is 486 g/mol. The Balaban J connectivity index is 1.27. The predicted molar refractivity (Wildman–Crippen MR) is 137 cm³/mol. The van der Waals surface area contributed by atoms with Crippen molar-refractivity contribution in [1.82, 2.24) is 24.6 Å². The highest BCUT2D eigenvalue weighted by molar-refractivity contribution is 7.99. The number of carbonyl (C=O) groups is 1. The van der Waals surface area contributed by atoms with Gasteiger partial charge in [-0.15, -0.1) is 10.2 Å². The molecule has 9 heteroatoms. The second kappa shape index (κ2) is 10.6. The molecule has 2 aromatic heterocycles. The number of hydrogen-bond acceptors (Lipinski definition) is 7. The van der Waals surface area contributed by atoms with Crippen molar-refractivity contribution in [2.45, 2.75) is 5.16 Å². The number of aromatic nitrogens is 4. The second-order valence-electron chi connectivity index (χ2n) is 8.04. The number of carbonyl (C=O) groups excluding carboxylic acids is 1. The number of pyridine rings is 1. The number of ether oxygens (including phenoxy) is 1. The zero-order chi connectivity index (χ0) is 24.0. The SMILES string of the molecule is COc1ccccc1N1CCN(C(=O)CSc2nnc(-c3ccncc3)n2-c2ccccc2)CC1. The summed E-state index contributed by atoms with van der Waals surface area (Å²) < 4.78 is 7.49. The molecule has 2 aromatic carbocycles. The fraction of sp³-hybridized carbons (Fsp3) is 0.231. The zero-order valence-electron chi connectivity index (χ0n) is 19.4. The molecule has 8 nitrogen and oxygen atoms in total. The molecule has 3 heterocycles. The minimum absolute atomic E-state index is 0.0998. The number of methoxy groups -OCH3 is 1. The first kappa shape index (κ1) is 22.9. The number of thioether (sulfide) groups is 1. The molecule has 178 valence electrons. The van der Waals surface area contributed by atoms with Gasteiger partial charge in [0.05, 0.1) is 18.6 Å². The molecule has 1 aliphatic heterocycles. The van der Waals surface area contributed by atoms with Gasteiger partial charge in [-0.1, -0.05) is 42.1 Å². The molecule has 0 N–H and O–H groups in total. The molecule has 0 saturated carbocycles. The summed E-state index contributed by atoms with van der Waals surface area (Å²) in [6.45, 7) is 2.88. The standard InChI is InChI=1S/C26H26N6O2S/c1-34-23-10-6-5-9-22(23)30-15-17-31(18-16-30)24(33)19-35-26-29-28-25(20-11-13-27-14-12-20)32(26)21-7-3-2-4-8-21/h2-14H,15-19H2,1H3. The highest BCUT2D eigenvalue weighted by Gasteiger charge is 2.24. The Kier molecular flexibility index (Phi) is 6.94. The maximum Gasteiger partial charge on any atom is 0.233 e. The van der Waals surface area contributed by atoms with E-state index in [1.54, 1.807) is 19.5 Å². The fourth-order valence-corrected chi connectivity index (χ4v) is 5.02. The quantitative estimate of drug-likeness (QED) is 0.368. The van der Waals surface area contributed by atoms with Crippen LogP contribution >= 0.6 is 11.8 Å². The molecular weight excluding hydrogens is 460 g/mol. The number of amides is 1. The lowest BCUT2D eigenvalue weighted by atomic mass is 10.2. The Morgan fingerprint density at radius 1 is 0.914 bits per heavy atom. The van der Waals surface area contributed by atoms with Crippen LogP contribution in [-0.4, -0.2) is 69.6 Å². The summed E-state index contributed by atoms with van der Waals surface area (Å²) >= 11 is 1.41. The van der Waals surface area contributed by atoms with E-state index in [4.69, 9.17) is 4.74 Å². The van der Waals surface area contributed by atoms with Crippen molar-refractivity contribution in [3.05, 3.63) is 79.1 Å². The summed E-state index contributed by atoms with van der Waals surface area (Å²) in [4.78, 5) is 21.4. The Bertz CT molecular complexity index is 1270. The molecule has 0 radical (unpaired) electrons. The smallest absolute Gasteiger partial charge is 0.233 e. The third-order valence-electron chi connectivity index (χ3n) is 5.97. The van der Waals surface area contributed by atoms with E-state index in [9.17, 15) is 4.79 Å². The maximum atomic E-state index is 13.1. The minimum Gasteiger partial charge on any atom is -0.495 e. The number of para-hydroxylation sites is 3. The Morgan fingerprint density at radius 3 is 2.37 bits per heavy atom. The summed E-state index contributed by atoms with van der Waals surface area (Å²) in [5.74, 6) is 1.98. The maximum absolute atomic E-state index is 13.1. The third-order valence-corrected chi connectivity index (χ3v) is 6.88. The Morgan fingerprint density at radius 2 is 1.63 bits per heavy atom. The molecule has 0 aliphatic carbocycles. The minimum atomic E-state index is 0.0998. The molecule has 1 aliphatic rings. The molecule has 1 amide bonds. The van der Waals surface area contributed by atoms with E-state index in [2.05, 4.69) is 26.1 Å². The summed E-state index contributed by atoms with van der Waals surface area (Å²) in [5.41, 5.74) is 2.93. The van der Waals surface area contributed by atoms with Gasteiger partial charge >= 0.3 is 0 Å². The lowest BCUT2D eigenvalue weighted by Gasteiger charge is -2.36. The highest BCUT2D eigenvalue weighted by atomic mass is 32.2. The molecule has 0 unspecified atom stereocenters. The Hall–Kier alpha value is -3.85. The number of rotatable bonds is 7. The van der Waals surface area contributed by atoms with Gasteiger partial charge in [0.15, 0.2) is 11.0 Å². The second-order valence-corrected chi connectivity index (χ2v) is 8.98. The van der Waals surface area contributed by atoms with Crippen molar-refractivity contribution in [1.29, 1.82) is 0 Å². The van der Waals surface area contributed by atoms with Gasteiger partial charge in [-0.05, 0) is 36.4 Å². The van der Waals surface area contributed by atoms with E-state index in [-0.39, 0.29) is 5.91 Å². The summed E-state index contributed by atoms with van der Waals surface area (Å²) in [7, 11) is 1.68. The van der Waals surface area contributed by atoms with Crippen LogP contribution in [0, 0.1) is 0 Å². The van der Waals surface area contributed by atoms with Crippen molar-refractivity contribution in [2.24, 2.45) is 0 Å². The van der Waals surface area contributed by atoms with E-state index in [0.717, 1.165) is 41.6 Å². The number of hydrogen-bond donors (Lipinski definition) is 0. The van der Waals surface area contributed by atoms with Crippen LogP contribution in [0.3, 0.4) is 0 Å². The number of nitrogens with zero attached hydrogens (tertiary/aromatic N) is 6. The number of benzene rings is 2. The van der Waals surface area contributed by atoms with Gasteiger partial charge in [-0.3, -0.25) is 14.3 Å². The average Bonchev–Trinajstić information content (AvgIpc) is 3.37. The normalized spacial score (nSPS) is 13.6. The van der Waals surface area contributed by atoms with Gasteiger partial charge in [0, 0.05) is 49.8 Å². The molecular formula is C26H26N6O2S. The van der Waals surface area contributed by atoms with E-state index < -0.39 is 0 Å². The van der Waals surface area contributed by atoms with Gasteiger partial charge in [-0.2, -0.15) is 0 Å². The zero-order valence-corrected chi connectivity index (χ0v) is 20.3. The molecule has 5 rings (SSSR count). The summed E-state index contributed by atoms with van der Waals surface area (Å²) in [6.07, 6.45) is 3.47. The first-order valence-electron chi connectivity index (χ1n) is 11.4. The third kappa shape index (κ3) is 5.00. The average molecular weight is 487 g/mol. The lowest BCUT2D eigenvalue weighted by Crippen LogP contribution is -2.49. The number of anilines is 1. The molecule has 35 heavy (non-hydrogen) atoms. The molecule has 1 fully saturated rings. The van der Waals surface area contributed by atoms with Crippen LogP contribution in [0.2, 0.25) is 0 Å². The van der Waals surface area contributed by atoms with Crippen molar-refractivity contribution in [2.75, 3.05) is 43.9 Å². The molecule has 0 spiro atoms. The van der Waals surface area contributed by atoms with Crippen LogP contribution in [0.15, 0.2) is 84.3 Å². The van der Waals surface area contributed by atoms with Crippen LogP contribution in [0.1, 0.15) is 0 Å². The highest BCUT2D eigenvalue weighted by Crippen LogP contribution is 2.30. The van der Waals surface area contributed by atoms with Crippen LogP contribution in [0.4, 0.5) is 5.69 Å². The van der Waals surface area contributed by atoms with Crippen LogP contribution in [-0.2, 0) is 4.79 Å². The molecule has 0 bridgehead atoms. The van der Waals surface area contributed by atoms with Gasteiger partial charge in [0.25, 0.3) is 0 Å². The number of piperazine rings is 1. The van der Waals surface area contributed by atoms with Crippen LogP contribution in [0.5, 0.6) is 5.75 Å². The van der Waals surface area contributed by atoms with E-state index in [1.165, 1.54) is 11.8 Å². The van der Waals surface area contributed by atoms with Crippen molar-refractivity contribution in [3.8, 4) is 22.8 Å². The molecule has 4 aromatic rings. The molecule has 0 atom stereocenters. The van der Waals surface area contributed by atoms with E-state index >= 15 is 0 Å². The van der Waals surface area contributed by atoms with E-state index in [0.29, 0.717) is 24.0 Å². The summed E-state index contributed by atoms with van der Waals surface area (Å²) in [6, 6.07) is 21.8. The van der Waals surface area contributed by atoms with E-state index in [1.807, 2.05) is 70.1 Å². The first-order valence-corrected chi connectivity index (χ1v) is 12.4. The van der Waals surface area contributed by atoms with Gasteiger partial charge in [0.2, 0.25) is 5.91 Å². The summed E-state index contributed by atoms with van der Waals surface area (Å²) in [5, 5.41) is 9.54. The largest absolute Gasteiger partial charge is 0.495 e. The van der Waals surface area contributed by atoms with Gasteiger partial charge in [-0.25, -0.2) is 0 Å². The lowest BCUT2D eigenvalue weighted by molar-refractivity contribution is -0.128. The van der Waals surface area contributed by atoms with Crippen LogP contribution in [0.25, 0.3) is 17.1 Å².